The van der Waals surface area contributed by atoms with Crippen LogP contribution in [0.2, 0.25) is 0 Å². The average Bonchev–Trinajstić information content (AvgIpc) is 4.10. The number of morpholine rings is 1. The van der Waals surface area contributed by atoms with Crippen LogP contribution in [0.4, 0.5) is 20.3 Å². The van der Waals surface area contributed by atoms with E-state index in [0.29, 0.717) is 34.8 Å². The second kappa shape index (κ2) is 17.5. The van der Waals surface area contributed by atoms with Gasteiger partial charge in [0, 0.05) is 51.4 Å². The molecule has 4 saturated heterocycles. The summed E-state index contributed by atoms with van der Waals surface area (Å²) in [7, 11) is 1.66. The third-order valence-corrected chi connectivity index (χ3v) is 14.0. The van der Waals surface area contributed by atoms with Gasteiger partial charge in [0.2, 0.25) is 11.8 Å². The number of halogens is 2. The van der Waals surface area contributed by atoms with E-state index in [1.54, 1.807) is 31.4 Å². The normalized spacial score (nSPS) is 24.1. The minimum atomic E-state index is -2.75. The molecular formula is C47H51F2N9O6. The predicted octanol–water partition coefficient (Wildman–Crippen LogP) is 5.33. The van der Waals surface area contributed by atoms with Gasteiger partial charge < -0.3 is 24.6 Å². The number of hydrogen-bond donors (Lipinski definition) is 2. The molecule has 2 aromatic carbocycles. The number of fused-ring (bicyclic) bond motifs is 4. The fourth-order valence-electron chi connectivity index (χ4n) is 10.5. The van der Waals surface area contributed by atoms with Gasteiger partial charge in [-0.2, -0.15) is 5.10 Å². The lowest BCUT2D eigenvalue weighted by atomic mass is 9.78. The molecule has 3 atom stereocenters. The van der Waals surface area contributed by atoms with Gasteiger partial charge >= 0.3 is 5.69 Å². The quantitative estimate of drug-likeness (QED) is 0.139. The molecule has 15 nitrogen and oxygen atoms in total. The number of imidazole rings is 1. The van der Waals surface area contributed by atoms with E-state index in [9.17, 15) is 28.0 Å². The molecule has 3 aromatic heterocycles. The number of ether oxygens (including phenoxy) is 2. The van der Waals surface area contributed by atoms with Gasteiger partial charge in [0.15, 0.2) is 5.65 Å². The molecule has 5 aliphatic rings. The highest BCUT2D eigenvalue weighted by molar-refractivity contribution is 6.08. The number of hydrogen-bond acceptors (Lipinski definition) is 10. The van der Waals surface area contributed by atoms with E-state index in [1.807, 2.05) is 18.2 Å². The highest BCUT2D eigenvalue weighted by atomic mass is 19.3. The molecule has 5 aromatic rings. The van der Waals surface area contributed by atoms with Crippen LogP contribution in [0.15, 0.2) is 59.7 Å². The number of carbonyl (C=O) groups excluding carboxylic acids is 3. The van der Waals surface area contributed by atoms with E-state index in [2.05, 4.69) is 37.4 Å². The first-order chi connectivity index (χ1) is 31.1. The number of para-hydroxylation sites is 1. The van der Waals surface area contributed by atoms with Gasteiger partial charge in [-0.25, -0.2) is 23.1 Å². The van der Waals surface area contributed by atoms with Crippen LogP contribution in [0.3, 0.4) is 0 Å². The summed E-state index contributed by atoms with van der Waals surface area (Å²) in [6.07, 6.45) is 7.89. The summed E-state index contributed by atoms with van der Waals surface area (Å²) < 4.78 is 45.0. The molecule has 1 saturated carbocycles. The van der Waals surface area contributed by atoms with E-state index in [0.717, 1.165) is 82.5 Å². The summed E-state index contributed by atoms with van der Waals surface area (Å²) in [5, 5.41) is 9.45. The molecule has 7 heterocycles. The van der Waals surface area contributed by atoms with Crippen molar-refractivity contribution in [3.05, 3.63) is 87.6 Å². The molecule has 3 amide bonds. The number of aryl methyl sites for hydroxylation is 1. The first kappa shape index (κ1) is 42.0. The standard InChI is InChI=1S/C47H51F2N9O6/c1-54-42-30(4-2-6-38(42)58(47(54)62)39-13-14-41(59)53-46(39)61)5-3-21-63-33-15-18-55(19-16-33)25-28-7-9-29(10-8-28)31-11-12-35(43(48)49)37(22-31)51-45(60)36-24-50-57-20-17-40(52-44(36)57)56-26-34-23-32(56)27-64-34/h2,4,6,11-12,17,20,22,24,28-29,32-34,39,43H,7-10,13-16,18-19,21,23,25-27H2,1H3,(H,51,60)(H,53,59,61)/t28-,29+,32-,34-,39?/m1/s1. The van der Waals surface area contributed by atoms with Crippen LogP contribution >= 0.6 is 0 Å². The van der Waals surface area contributed by atoms with Crippen LogP contribution < -0.4 is 21.2 Å². The highest BCUT2D eigenvalue weighted by Crippen LogP contribution is 2.39. The van der Waals surface area contributed by atoms with Crippen molar-refractivity contribution in [1.29, 1.82) is 0 Å². The number of anilines is 2. The lowest BCUT2D eigenvalue weighted by molar-refractivity contribution is -0.135. The van der Waals surface area contributed by atoms with Crippen molar-refractivity contribution in [2.45, 2.75) is 94.4 Å². The third kappa shape index (κ3) is 8.18. The second-order valence-corrected chi connectivity index (χ2v) is 17.9. The minimum absolute atomic E-state index is 0.100. The van der Waals surface area contributed by atoms with Crippen molar-refractivity contribution in [3.8, 4) is 11.8 Å². The fourth-order valence-corrected chi connectivity index (χ4v) is 10.5. The van der Waals surface area contributed by atoms with E-state index in [-0.39, 0.29) is 72.0 Å². The van der Waals surface area contributed by atoms with Crippen LogP contribution in [0.5, 0.6) is 0 Å². The van der Waals surface area contributed by atoms with Crippen LogP contribution in [0.1, 0.15) is 103 Å². The molecule has 0 radical (unpaired) electrons. The number of benzene rings is 2. The first-order valence-electron chi connectivity index (χ1n) is 22.4. The molecule has 10 rings (SSSR count). The molecule has 334 valence electrons. The highest BCUT2D eigenvalue weighted by Gasteiger charge is 2.40. The van der Waals surface area contributed by atoms with Crippen LogP contribution in [0, 0.1) is 17.8 Å². The molecule has 1 unspecified atom stereocenters. The Balaban J connectivity index is 0.708. The summed E-state index contributed by atoms with van der Waals surface area (Å²) in [6, 6.07) is 11.8. The van der Waals surface area contributed by atoms with Crippen LogP contribution in [-0.4, -0.2) is 104 Å². The SMILES string of the molecule is Cn1c(=O)n(C2CCC(=O)NC2=O)c2cccc(C#CCOC3CCN(C[C@H]4CC[C@@H](c5ccc(C(F)F)c(NC(=O)c6cnn7ccc(N8C[C@H]9C[C@@H]8CO9)nc67)c5)CC4)CC3)c21. The van der Waals surface area contributed by atoms with Crippen molar-refractivity contribution in [2.75, 3.05) is 49.6 Å². The fraction of sp³-hybridized carbons (Fsp3) is 0.489. The zero-order chi connectivity index (χ0) is 44.1. The number of likely N-dealkylation sites (tertiary alicyclic amines) is 1. The van der Waals surface area contributed by atoms with Crippen molar-refractivity contribution in [3.63, 3.8) is 0 Å². The van der Waals surface area contributed by atoms with Crippen molar-refractivity contribution < 1.29 is 32.6 Å². The number of nitrogens with one attached hydrogen (secondary N) is 2. The predicted molar refractivity (Wildman–Crippen MR) is 233 cm³/mol. The molecule has 1 aliphatic carbocycles. The number of alkyl halides is 2. The van der Waals surface area contributed by atoms with Crippen molar-refractivity contribution in [1.82, 2.24) is 33.9 Å². The van der Waals surface area contributed by atoms with E-state index in [1.165, 1.54) is 25.9 Å². The summed E-state index contributed by atoms with van der Waals surface area (Å²) in [5.74, 6) is 6.47. The van der Waals surface area contributed by atoms with Gasteiger partial charge in [-0.1, -0.05) is 30.0 Å². The van der Waals surface area contributed by atoms with Crippen molar-refractivity contribution >= 4 is 45.9 Å². The lowest BCUT2D eigenvalue weighted by Crippen LogP contribution is -2.44. The molecule has 2 bridgehead atoms. The van der Waals surface area contributed by atoms with Gasteiger partial charge in [0.25, 0.3) is 12.3 Å². The van der Waals surface area contributed by atoms with Gasteiger partial charge in [0.05, 0.1) is 53.3 Å². The van der Waals surface area contributed by atoms with Crippen molar-refractivity contribution in [2.24, 2.45) is 13.0 Å². The Morgan fingerprint density at radius 3 is 2.62 bits per heavy atom. The third-order valence-electron chi connectivity index (χ3n) is 14.0. The topological polar surface area (TPSA) is 157 Å². The zero-order valence-corrected chi connectivity index (χ0v) is 35.7. The Morgan fingerprint density at radius 1 is 1.05 bits per heavy atom. The Kier molecular flexibility index (Phi) is 11.5. The second-order valence-electron chi connectivity index (χ2n) is 17.9. The molecule has 64 heavy (non-hydrogen) atoms. The molecule has 2 N–H and O–H groups in total. The monoisotopic (exact) mass is 875 g/mol. The molecule has 5 fully saturated rings. The Morgan fingerprint density at radius 2 is 1.88 bits per heavy atom. The molecule has 0 spiro atoms. The number of rotatable bonds is 10. The zero-order valence-electron chi connectivity index (χ0n) is 35.7. The van der Waals surface area contributed by atoms with Gasteiger partial charge in [-0.05, 0) is 93.0 Å². The summed E-state index contributed by atoms with van der Waals surface area (Å²) in [6.45, 7) is 4.52. The maximum absolute atomic E-state index is 14.3. The van der Waals surface area contributed by atoms with Gasteiger partial charge in [-0.3, -0.25) is 28.8 Å². The number of nitrogens with zero attached hydrogens (tertiary/aromatic N) is 7. The maximum atomic E-state index is 14.3. The van der Waals surface area contributed by atoms with E-state index < -0.39 is 24.3 Å². The number of amides is 3. The largest absolute Gasteiger partial charge is 0.374 e. The Hall–Kier alpha value is -5.96. The summed E-state index contributed by atoms with van der Waals surface area (Å²) >= 11 is 0. The first-order valence-corrected chi connectivity index (χ1v) is 22.4. The number of piperidine rings is 2. The van der Waals surface area contributed by atoms with Crippen LogP contribution in [-0.2, 0) is 26.1 Å². The van der Waals surface area contributed by atoms with Gasteiger partial charge in [0.1, 0.15) is 24.0 Å². The molecular weight excluding hydrogens is 825 g/mol. The van der Waals surface area contributed by atoms with E-state index in [4.69, 9.17) is 14.5 Å². The Labute approximate surface area is 368 Å². The molecule has 17 heteroatoms. The van der Waals surface area contributed by atoms with Gasteiger partial charge in [-0.15, -0.1) is 0 Å². The maximum Gasteiger partial charge on any atom is 0.329 e. The average molecular weight is 876 g/mol. The number of carbonyl (C=O) groups is 3. The summed E-state index contributed by atoms with van der Waals surface area (Å²) in [4.78, 5) is 60.7. The van der Waals surface area contributed by atoms with Crippen LogP contribution in [0.25, 0.3) is 16.7 Å². The van der Waals surface area contributed by atoms with E-state index >= 15 is 0 Å². The number of imide groups is 1. The smallest absolute Gasteiger partial charge is 0.329 e. The lowest BCUT2D eigenvalue weighted by Gasteiger charge is -2.36. The Bertz CT molecular complexity index is 2740. The summed E-state index contributed by atoms with van der Waals surface area (Å²) in [5.41, 5.74) is 3.02. The number of aromatic nitrogens is 5. The molecule has 4 aliphatic heterocycles. The minimum Gasteiger partial charge on any atom is -0.374 e.